The predicted octanol–water partition coefficient (Wildman–Crippen LogP) is 0.608. The smallest absolute Gasteiger partial charge is 0.267 e. The molecule has 154 valence electrons. The molecule has 1 aromatic heterocycles. The van der Waals surface area contributed by atoms with Gasteiger partial charge in [-0.15, -0.1) is 0 Å². The van der Waals surface area contributed by atoms with Gasteiger partial charge in [0.1, 0.15) is 0 Å². The fourth-order valence-corrected chi connectivity index (χ4v) is 4.81. The van der Waals surface area contributed by atoms with Crippen LogP contribution in [0.3, 0.4) is 0 Å². The van der Waals surface area contributed by atoms with Crippen molar-refractivity contribution in [2.75, 3.05) is 52.9 Å². The summed E-state index contributed by atoms with van der Waals surface area (Å²) in [6, 6.07) is 1.81. The van der Waals surface area contributed by atoms with E-state index in [4.69, 9.17) is 0 Å². The van der Waals surface area contributed by atoms with Crippen LogP contribution < -0.4 is 5.56 Å². The summed E-state index contributed by atoms with van der Waals surface area (Å²) in [4.78, 5) is 30.8. The first kappa shape index (κ1) is 19.6. The van der Waals surface area contributed by atoms with E-state index in [0.717, 1.165) is 76.3 Å². The molecular formula is C21H33N5O2. The van der Waals surface area contributed by atoms with E-state index in [1.807, 2.05) is 18.0 Å². The number of fused-ring (bicyclic) bond motifs is 1. The quantitative estimate of drug-likeness (QED) is 0.741. The lowest BCUT2D eigenvalue weighted by molar-refractivity contribution is -0.133. The molecule has 0 saturated carbocycles. The zero-order valence-electron chi connectivity index (χ0n) is 17.1. The zero-order chi connectivity index (χ0) is 19.5. The van der Waals surface area contributed by atoms with Gasteiger partial charge in [-0.25, -0.2) is 4.68 Å². The summed E-state index contributed by atoms with van der Waals surface area (Å²) in [5.74, 6) is 0.889. The van der Waals surface area contributed by atoms with Crippen molar-refractivity contribution in [1.29, 1.82) is 0 Å². The van der Waals surface area contributed by atoms with Gasteiger partial charge < -0.3 is 9.80 Å². The maximum absolute atomic E-state index is 12.3. The fourth-order valence-electron chi connectivity index (χ4n) is 4.81. The Morgan fingerprint density at radius 2 is 1.75 bits per heavy atom. The zero-order valence-corrected chi connectivity index (χ0v) is 17.1. The highest BCUT2D eigenvalue weighted by molar-refractivity contribution is 5.76. The third-order valence-corrected chi connectivity index (χ3v) is 6.61. The van der Waals surface area contributed by atoms with E-state index in [1.165, 1.54) is 12.8 Å². The molecule has 1 aliphatic carbocycles. The molecule has 4 rings (SSSR count). The van der Waals surface area contributed by atoms with Gasteiger partial charge in [0.2, 0.25) is 5.91 Å². The molecule has 7 nitrogen and oxygen atoms in total. The first-order valence-electron chi connectivity index (χ1n) is 10.9. The van der Waals surface area contributed by atoms with E-state index in [1.54, 1.807) is 4.68 Å². The third kappa shape index (κ3) is 4.63. The summed E-state index contributed by atoms with van der Waals surface area (Å²) in [6.45, 7) is 7.79. The molecule has 2 aliphatic heterocycles. The highest BCUT2D eigenvalue weighted by Crippen LogP contribution is 2.19. The maximum atomic E-state index is 12.3. The van der Waals surface area contributed by atoms with Crippen molar-refractivity contribution in [1.82, 2.24) is 24.5 Å². The molecule has 1 aromatic rings. The first-order valence-corrected chi connectivity index (χ1v) is 10.9. The van der Waals surface area contributed by atoms with Crippen LogP contribution in [-0.4, -0.2) is 83.2 Å². The van der Waals surface area contributed by atoms with Crippen LogP contribution in [0.1, 0.15) is 36.9 Å². The second-order valence-corrected chi connectivity index (χ2v) is 8.71. The summed E-state index contributed by atoms with van der Waals surface area (Å²) >= 11 is 0. The number of amides is 1. The van der Waals surface area contributed by atoms with E-state index in [-0.39, 0.29) is 11.5 Å². The van der Waals surface area contributed by atoms with Gasteiger partial charge in [-0.3, -0.25) is 14.5 Å². The summed E-state index contributed by atoms with van der Waals surface area (Å²) in [7, 11) is 1.92. The van der Waals surface area contributed by atoms with Crippen LogP contribution in [0.25, 0.3) is 0 Å². The Bertz CT molecular complexity index is 754. The van der Waals surface area contributed by atoms with Gasteiger partial charge in [-0.2, -0.15) is 5.10 Å². The molecular weight excluding hydrogens is 354 g/mol. The van der Waals surface area contributed by atoms with E-state index < -0.39 is 0 Å². The number of carbonyl (C=O) groups is 1. The molecule has 0 aromatic carbocycles. The van der Waals surface area contributed by atoms with Gasteiger partial charge in [0.15, 0.2) is 0 Å². The average Bonchev–Trinajstić information content (AvgIpc) is 2.70. The van der Waals surface area contributed by atoms with Gasteiger partial charge >= 0.3 is 0 Å². The number of piperazine rings is 1. The molecule has 2 saturated heterocycles. The molecule has 1 atom stereocenters. The lowest BCUT2D eigenvalue weighted by atomic mass is 9.97. The lowest BCUT2D eigenvalue weighted by Crippen LogP contribution is -2.50. The van der Waals surface area contributed by atoms with Crippen LogP contribution in [0, 0.1) is 5.92 Å². The number of hydrogen-bond donors (Lipinski definition) is 0. The molecule has 1 unspecified atom stereocenters. The minimum Gasteiger partial charge on any atom is -0.345 e. The van der Waals surface area contributed by atoms with Crippen molar-refractivity contribution in [3.8, 4) is 0 Å². The standard InChI is InChI=1S/C21H33N5O2/c1-23-15-17(6-7-20(23)27)16-25-10-8-24(9-11-25)12-13-26-21(28)14-18-4-2-3-5-19(18)22-26/h14,17H,2-13,15-16H2,1H3. The topological polar surface area (TPSA) is 61.7 Å². The number of aromatic nitrogens is 2. The van der Waals surface area contributed by atoms with Gasteiger partial charge in [0, 0.05) is 65.3 Å². The monoisotopic (exact) mass is 387 g/mol. The Morgan fingerprint density at radius 3 is 2.54 bits per heavy atom. The fraction of sp³-hybridized carbons (Fsp3) is 0.762. The van der Waals surface area contributed by atoms with Crippen LogP contribution in [0.2, 0.25) is 0 Å². The molecule has 3 heterocycles. The molecule has 7 heteroatoms. The third-order valence-electron chi connectivity index (χ3n) is 6.61. The van der Waals surface area contributed by atoms with E-state index >= 15 is 0 Å². The van der Waals surface area contributed by atoms with Crippen LogP contribution >= 0.6 is 0 Å². The van der Waals surface area contributed by atoms with E-state index in [2.05, 4.69) is 14.9 Å². The number of likely N-dealkylation sites (tertiary alicyclic amines) is 1. The summed E-state index contributed by atoms with van der Waals surface area (Å²) in [5, 5.41) is 4.64. The highest BCUT2D eigenvalue weighted by Gasteiger charge is 2.26. The van der Waals surface area contributed by atoms with Crippen molar-refractivity contribution < 1.29 is 4.79 Å². The van der Waals surface area contributed by atoms with Crippen molar-refractivity contribution in [3.63, 3.8) is 0 Å². The number of nitrogens with zero attached hydrogens (tertiary/aromatic N) is 5. The molecule has 0 N–H and O–H groups in total. The van der Waals surface area contributed by atoms with Gasteiger partial charge in [0.25, 0.3) is 5.56 Å². The molecule has 0 bridgehead atoms. The Morgan fingerprint density at radius 1 is 1.00 bits per heavy atom. The van der Waals surface area contributed by atoms with E-state index in [0.29, 0.717) is 18.9 Å². The number of aryl methyl sites for hydroxylation is 2. The van der Waals surface area contributed by atoms with Crippen molar-refractivity contribution in [2.24, 2.45) is 5.92 Å². The molecule has 0 radical (unpaired) electrons. The largest absolute Gasteiger partial charge is 0.345 e. The Hall–Kier alpha value is -1.73. The Kier molecular flexibility index (Phi) is 6.11. The first-order chi connectivity index (χ1) is 13.6. The molecule has 0 spiro atoms. The van der Waals surface area contributed by atoms with Gasteiger partial charge in [0.05, 0.1) is 12.2 Å². The van der Waals surface area contributed by atoms with E-state index in [9.17, 15) is 9.59 Å². The predicted molar refractivity (Wildman–Crippen MR) is 108 cm³/mol. The molecule has 2 fully saturated rings. The number of hydrogen-bond acceptors (Lipinski definition) is 5. The van der Waals surface area contributed by atoms with Crippen LogP contribution in [-0.2, 0) is 24.2 Å². The summed E-state index contributed by atoms with van der Waals surface area (Å²) in [6.07, 6.45) is 6.10. The van der Waals surface area contributed by atoms with Crippen LogP contribution in [0.4, 0.5) is 0 Å². The number of carbonyl (C=O) groups excluding carboxylic acids is 1. The van der Waals surface area contributed by atoms with Crippen LogP contribution in [0.5, 0.6) is 0 Å². The molecule has 3 aliphatic rings. The minimum atomic E-state index is 0.0512. The molecule has 1 amide bonds. The minimum absolute atomic E-state index is 0.0512. The Labute approximate surface area is 167 Å². The van der Waals surface area contributed by atoms with Gasteiger partial charge in [-0.1, -0.05) is 0 Å². The van der Waals surface area contributed by atoms with Crippen molar-refractivity contribution >= 4 is 5.91 Å². The van der Waals surface area contributed by atoms with Crippen molar-refractivity contribution in [2.45, 2.75) is 45.1 Å². The SMILES string of the molecule is CN1CC(CN2CCN(CCn3nc4c(cc3=O)CCCC4)CC2)CCC1=O. The van der Waals surface area contributed by atoms with Gasteiger partial charge in [-0.05, 0) is 43.6 Å². The van der Waals surface area contributed by atoms with Crippen molar-refractivity contribution in [3.05, 3.63) is 27.7 Å². The maximum Gasteiger partial charge on any atom is 0.267 e. The summed E-state index contributed by atoms with van der Waals surface area (Å²) in [5.41, 5.74) is 2.35. The normalized spacial score (nSPS) is 24.4. The number of piperidine rings is 1. The summed E-state index contributed by atoms with van der Waals surface area (Å²) < 4.78 is 1.67. The Balaban J connectivity index is 1.23. The average molecular weight is 388 g/mol. The highest BCUT2D eigenvalue weighted by atomic mass is 16.2. The second kappa shape index (κ2) is 8.74. The van der Waals surface area contributed by atoms with Crippen LogP contribution in [0.15, 0.2) is 10.9 Å². The number of rotatable bonds is 5. The molecule has 28 heavy (non-hydrogen) atoms. The lowest BCUT2D eigenvalue weighted by Gasteiger charge is -2.38. The second-order valence-electron chi connectivity index (χ2n) is 8.71.